The second-order valence-corrected chi connectivity index (χ2v) is 5.16. The summed E-state index contributed by atoms with van der Waals surface area (Å²) >= 11 is 0. The molecule has 0 aliphatic heterocycles. The normalized spacial score (nSPS) is 10.5. The number of aliphatic hydroxyl groups is 1. The van der Waals surface area contributed by atoms with Crippen molar-refractivity contribution in [2.24, 2.45) is 0 Å². The van der Waals surface area contributed by atoms with Crippen molar-refractivity contribution in [1.29, 1.82) is 0 Å². The van der Waals surface area contributed by atoms with Gasteiger partial charge in [-0.1, -0.05) is 54.6 Å². The molecule has 0 fully saturated rings. The van der Waals surface area contributed by atoms with Crippen LogP contribution in [0.25, 0.3) is 22.3 Å². The van der Waals surface area contributed by atoms with Gasteiger partial charge in [0.05, 0.1) is 13.7 Å². The van der Waals surface area contributed by atoms with E-state index in [-0.39, 0.29) is 6.61 Å². The van der Waals surface area contributed by atoms with Crippen molar-refractivity contribution in [3.05, 3.63) is 78.4 Å². The van der Waals surface area contributed by atoms with Gasteiger partial charge >= 0.3 is 0 Å². The van der Waals surface area contributed by atoms with E-state index in [1.807, 2.05) is 36.4 Å². The van der Waals surface area contributed by atoms with E-state index >= 15 is 0 Å². The molecule has 110 valence electrons. The van der Waals surface area contributed by atoms with Crippen LogP contribution >= 0.6 is 0 Å². The first kappa shape index (κ1) is 14.4. The van der Waals surface area contributed by atoms with Crippen LogP contribution in [-0.4, -0.2) is 12.2 Å². The smallest absolute Gasteiger partial charge is 0.118 e. The van der Waals surface area contributed by atoms with Gasteiger partial charge in [0.1, 0.15) is 5.75 Å². The number of ether oxygens (including phenoxy) is 1. The van der Waals surface area contributed by atoms with E-state index in [9.17, 15) is 0 Å². The zero-order chi connectivity index (χ0) is 15.4. The number of hydrogen-bond acceptors (Lipinski definition) is 2. The van der Waals surface area contributed by atoms with Crippen molar-refractivity contribution in [2.45, 2.75) is 6.61 Å². The summed E-state index contributed by atoms with van der Waals surface area (Å²) in [5, 5.41) is 9.12. The Hall–Kier alpha value is -2.58. The van der Waals surface area contributed by atoms with Crippen LogP contribution in [0.5, 0.6) is 5.75 Å². The topological polar surface area (TPSA) is 29.5 Å². The van der Waals surface area contributed by atoms with Crippen molar-refractivity contribution in [1.82, 2.24) is 0 Å². The first-order valence-electron chi connectivity index (χ1n) is 7.25. The van der Waals surface area contributed by atoms with Gasteiger partial charge in [-0.15, -0.1) is 0 Å². The van der Waals surface area contributed by atoms with Crippen LogP contribution in [0, 0.1) is 0 Å². The van der Waals surface area contributed by atoms with Gasteiger partial charge in [0.25, 0.3) is 0 Å². The molecule has 2 nitrogen and oxygen atoms in total. The van der Waals surface area contributed by atoms with E-state index in [1.165, 1.54) is 5.56 Å². The quantitative estimate of drug-likeness (QED) is 0.765. The first-order valence-corrected chi connectivity index (χ1v) is 7.25. The van der Waals surface area contributed by atoms with Crippen LogP contribution in [0.1, 0.15) is 5.56 Å². The Morgan fingerprint density at radius 2 is 1.27 bits per heavy atom. The van der Waals surface area contributed by atoms with Gasteiger partial charge in [0, 0.05) is 0 Å². The van der Waals surface area contributed by atoms with Crippen LogP contribution in [0.15, 0.2) is 72.8 Å². The van der Waals surface area contributed by atoms with Crippen LogP contribution in [0.4, 0.5) is 0 Å². The Morgan fingerprint density at radius 3 is 1.77 bits per heavy atom. The predicted octanol–water partition coefficient (Wildman–Crippen LogP) is 4.52. The number of hydrogen-bond donors (Lipinski definition) is 1. The minimum absolute atomic E-state index is 0.0756. The van der Waals surface area contributed by atoms with Gasteiger partial charge in [0.15, 0.2) is 0 Å². The number of benzene rings is 3. The maximum absolute atomic E-state index is 9.12. The predicted molar refractivity (Wildman–Crippen MR) is 89.8 cm³/mol. The van der Waals surface area contributed by atoms with Crippen LogP contribution < -0.4 is 4.74 Å². The number of aliphatic hydroxyl groups excluding tert-OH is 1. The Labute approximate surface area is 130 Å². The Balaban J connectivity index is 1.93. The van der Waals surface area contributed by atoms with E-state index in [4.69, 9.17) is 9.84 Å². The lowest BCUT2D eigenvalue weighted by atomic mass is 9.98. The molecule has 3 aromatic rings. The van der Waals surface area contributed by atoms with Crippen molar-refractivity contribution in [2.75, 3.05) is 7.11 Å². The molecule has 0 saturated carbocycles. The van der Waals surface area contributed by atoms with Crippen LogP contribution in [0.2, 0.25) is 0 Å². The third-order valence-corrected chi connectivity index (χ3v) is 3.76. The fourth-order valence-corrected chi connectivity index (χ4v) is 2.46. The summed E-state index contributed by atoms with van der Waals surface area (Å²) in [6, 6.07) is 24.5. The lowest BCUT2D eigenvalue weighted by Crippen LogP contribution is -1.85. The third kappa shape index (κ3) is 3.02. The van der Waals surface area contributed by atoms with Gasteiger partial charge < -0.3 is 9.84 Å². The standard InChI is InChI=1S/C20H18O2/c1-22-20-11-9-17(10-12-20)19-4-2-3-18(13-19)16-7-5-15(14-21)6-8-16/h2-13,21H,14H2,1H3. The highest BCUT2D eigenvalue weighted by Gasteiger charge is 2.02. The molecule has 2 heteroatoms. The number of methoxy groups -OCH3 is 1. The van der Waals surface area contributed by atoms with Gasteiger partial charge in [0.2, 0.25) is 0 Å². The van der Waals surface area contributed by atoms with Gasteiger partial charge in [-0.3, -0.25) is 0 Å². The molecule has 22 heavy (non-hydrogen) atoms. The van der Waals surface area contributed by atoms with Crippen LogP contribution in [-0.2, 0) is 6.61 Å². The highest BCUT2D eigenvalue weighted by Crippen LogP contribution is 2.27. The molecule has 0 amide bonds. The van der Waals surface area contributed by atoms with Gasteiger partial charge in [-0.25, -0.2) is 0 Å². The zero-order valence-electron chi connectivity index (χ0n) is 12.5. The molecule has 0 aliphatic rings. The van der Waals surface area contributed by atoms with Crippen molar-refractivity contribution in [3.8, 4) is 28.0 Å². The second kappa shape index (κ2) is 6.46. The molecule has 0 atom stereocenters. The van der Waals surface area contributed by atoms with Gasteiger partial charge in [-0.05, 0) is 46.0 Å². The van der Waals surface area contributed by atoms with Crippen LogP contribution in [0.3, 0.4) is 0 Å². The molecule has 3 aromatic carbocycles. The molecule has 0 aromatic heterocycles. The average molecular weight is 290 g/mol. The Kier molecular flexibility index (Phi) is 4.22. The van der Waals surface area contributed by atoms with E-state index in [2.05, 4.69) is 36.4 Å². The maximum Gasteiger partial charge on any atom is 0.118 e. The average Bonchev–Trinajstić information content (AvgIpc) is 2.62. The summed E-state index contributed by atoms with van der Waals surface area (Å²) < 4.78 is 5.20. The third-order valence-electron chi connectivity index (χ3n) is 3.76. The molecular formula is C20H18O2. The van der Waals surface area contributed by atoms with E-state index in [0.29, 0.717) is 0 Å². The molecule has 0 spiro atoms. The largest absolute Gasteiger partial charge is 0.497 e. The summed E-state index contributed by atoms with van der Waals surface area (Å²) in [4.78, 5) is 0. The highest BCUT2D eigenvalue weighted by molar-refractivity contribution is 5.73. The van der Waals surface area contributed by atoms with Gasteiger partial charge in [-0.2, -0.15) is 0 Å². The summed E-state index contributed by atoms with van der Waals surface area (Å²) in [6.45, 7) is 0.0756. The highest BCUT2D eigenvalue weighted by atomic mass is 16.5. The monoisotopic (exact) mass is 290 g/mol. The molecule has 0 radical (unpaired) electrons. The van der Waals surface area contributed by atoms with E-state index in [0.717, 1.165) is 28.0 Å². The molecule has 0 unspecified atom stereocenters. The molecule has 3 rings (SSSR count). The second-order valence-electron chi connectivity index (χ2n) is 5.16. The number of rotatable bonds is 4. The first-order chi connectivity index (χ1) is 10.8. The maximum atomic E-state index is 9.12. The molecular weight excluding hydrogens is 272 g/mol. The SMILES string of the molecule is COc1ccc(-c2cccc(-c3ccc(CO)cc3)c2)cc1. The minimum Gasteiger partial charge on any atom is -0.497 e. The Morgan fingerprint density at radius 1 is 0.727 bits per heavy atom. The summed E-state index contributed by atoms with van der Waals surface area (Å²) in [5.41, 5.74) is 5.57. The Bertz CT molecular complexity index is 681. The lowest BCUT2D eigenvalue weighted by Gasteiger charge is -2.07. The van der Waals surface area contributed by atoms with E-state index < -0.39 is 0 Å². The minimum atomic E-state index is 0.0756. The molecule has 0 saturated heterocycles. The fraction of sp³-hybridized carbons (Fsp3) is 0.100. The molecule has 0 bridgehead atoms. The summed E-state index contributed by atoms with van der Waals surface area (Å²) in [6.07, 6.45) is 0. The van der Waals surface area contributed by atoms with Crippen molar-refractivity contribution >= 4 is 0 Å². The molecule has 1 N–H and O–H groups in total. The fourth-order valence-electron chi connectivity index (χ4n) is 2.46. The zero-order valence-corrected chi connectivity index (χ0v) is 12.5. The van der Waals surface area contributed by atoms with E-state index in [1.54, 1.807) is 7.11 Å². The summed E-state index contributed by atoms with van der Waals surface area (Å²) in [5.74, 6) is 0.861. The summed E-state index contributed by atoms with van der Waals surface area (Å²) in [7, 11) is 1.67. The molecule has 0 aliphatic carbocycles. The molecule has 0 heterocycles. The van der Waals surface area contributed by atoms with Crippen molar-refractivity contribution in [3.63, 3.8) is 0 Å². The lowest BCUT2D eigenvalue weighted by molar-refractivity contribution is 0.282. The van der Waals surface area contributed by atoms with Crippen molar-refractivity contribution < 1.29 is 9.84 Å².